The number of benzene rings is 3. The van der Waals surface area contributed by atoms with Gasteiger partial charge in [0.1, 0.15) is 22.2 Å². The Bertz CT molecular complexity index is 1690. The number of anilines is 3. The van der Waals surface area contributed by atoms with Crippen LogP contribution in [0.3, 0.4) is 0 Å². The van der Waals surface area contributed by atoms with Gasteiger partial charge in [-0.1, -0.05) is 136 Å². The minimum Gasteiger partial charge on any atom is -0.494 e. The molecule has 50 heavy (non-hydrogen) atoms. The summed E-state index contributed by atoms with van der Waals surface area (Å²) in [7, 11) is 0. The quantitative estimate of drug-likeness (QED) is 0.0546. The fourth-order valence-electron chi connectivity index (χ4n) is 5.49. The lowest BCUT2D eigenvalue weighted by Gasteiger charge is -2.12. The van der Waals surface area contributed by atoms with E-state index in [0.29, 0.717) is 57.3 Å². The van der Waals surface area contributed by atoms with Gasteiger partial charge in [-0.2, -0.15) is 0 Å². The van der Waals surface area contributed by atoms with Gasteiger partial charge in [0.25, 0.3) is 5.56 Å². The molecule has 0 aliphatic rings. The number of ether oxygens (including phenoxy) is 1. The third-order valence-corrected chi connectivity index (χ3v) is 10.4. The molecule has 0 aliphatic carbocycles. The Morgan fingerprint density at radius 2 is 1.44 bits per heavy atom. The van der Waals surface area contributed by atoms with E-state index >= 15 is 0 Å². The van der Waals surface area contributed by atoms with Crippen LogP contribution < -0.4 is 20.9 Å². The van der Waals surface area contributed by atoms with E-state index in [9.17, 15) is 9.59 Å². The van der Waals surface area contributed by atoms with Crippen molar-refractivity contribution in [1.82, 2.24) is 9.78 Å². The molecule has 1 amide bonds. The number of aromatic amines is 1. The van der Waals surface area contributed by atoms with Crippen LogP contribution in [0.4, 0.5) is 17.2 Å². The summed E-state index contributed by atoms with van der Waals surface area (Å²) in [4.78, 5) is 27.0. The minimum atomic E-state index is -0.347. The smallest absolute Gasteiger partial charge is 0.287 e. The van der Waals surface area contributed by atoms with Crippen molar-refractivity contribution >= 4 is 81.3 Å². The summed E-state index contributed by atoms with van der Waals surface area (Å²) in [6, 6.07) is 17.8. The minimum absolute atomic E-state index is 0.0465. The lowest BCUT2D eigenvalue weighted by atomic mass is 10.1. The van der Waals surface area contributed by atoms with Crippen molar-refractivity contribution in [2.75, 3.05) is 23.0 Å². The number of hydrogen-bond donors (Lipinski definition) is 3. The Morgan fingerprint density at radius 1 is 0.800 bits per heavy atom. The van der Waals surface area contributed by atoms with Gasteiger partial charge in [0.15, 0.2) is 0 Å². The van der Waals surface area contributed by atoms with E-state index in [2.05, 4.69) is 22.7 Å². The highest BCUT2D eigenvalue weighted by molar-refractivity contribution is 7.99. The van der Waals surface area contributed by atoms with Crippen molar-refractivity contribution in [3.63, 3.8) is 0 Å². The first-order valence-corrected chi connectivity index (χ1v) is 19.9. The summed E-state index contributed by atoms with van der Waals surface area (Å²) < 4.78 is 7.11. The molecule has 0 aliphatic heterocycles. The van der Waals surface area contributed by atoms with Crippen LogP contribution in [-0.4, -0.2) is 28.0 Å². The lowest BCUT2D eigenvalue weighted by Crippen LogP contribution is -2.16. The molecule has 1 aromatic heterocycles. The molecule has 0 saturated heterocycles. The maximum absolute atomic E-state index is 13.8. The molecule has 0 bridgehead atoms. The number of thioether (sulfide) groups is 1. The average Bonchev–Trinajstić information content (AvgIpc) is 3.38. The van der Waals surface area contributed by atoms with Gasteiger partial charge >= 0.3 is 0 Å². The van der Waals surface area contributed by atoms with Crippen LogP contribution in [0.2, 0.25) is 20.1 Å². The molecule has 12 heteroatoms. The van der Waals surface area contributed by atoms with E-state index in [1.54, 1.807) is 18.2 Å². The van der Waals surface area contributed by atoms with Crippen molar-refractivity contribution in [2.45, 2.75) is 95.3 Å². The summed E-state index contributed by atoms with van der Waals surface area (Å²) in [5.41, 5.74) is 1.04. The molecule has 270 valence electrons. The molecular weight excluding hydrogens is 734 g/mol. The van der Waals surface area contributed by atoms with Gasteiger partial charge in [0, 0.05) is 22.9 Å². The molecule has 0 radical (unpaired) electrons. The van der Waals surface area contributed by atoms with Gasteiger partial charge in [-0.15, -0.1) is 11.8 Å². The van der Waals surface area contributed by atoms with Gasteiger partial charge in [-0.3, -0.25) is 14.7 Å². The van der Waals surface area contributed by atoms with E-state index < -0.39 is 0 Å². The van der Waals surface area contributed by atoms with Gasteiger partial charge < -0.3 is 15.4 Å². The standard InChI is InChI=1S/C38H46Cl4N4O3S/c1-2-3-4-5-6-7-8-9-10-11-15-19-34(47)43-28-20-21-30(40)33(26-28)44-37-36(50-23-16-22-49-29-17-13-12-14-18-29)38(48)46(45-37)35-31(41)24-27(39)25-32(35)42/h12-14,17-18,20-21,24-26,44-45H,2-11,15-16,19,22-23H2,1H3,(H,43,47). The van der Waals surface area contributed by atoms with Crippen LogP contribution in [0.25, 0.3) is 5.69 Å². The summed E-state index contributed by atoms with van der Waals surface area (Å²) in [6.07, 6.45) is 14.7. The highest BCUT2D eigenvalue weighted by atomic mass is 35.5. The fraction of sp³-hybridized carbons (Fsp3) is 0.421. The second-order valence-electron chi connectivity index (χ2n) is 12.2. The zero-order valence-electron chi connectivity index (χ0n) is 28.5. The van der Waals surface area contributed by atoms with Crippen LogP contribution in [-0.2, 0) is 4.79 Å². The Hall–Kier alpha value is -2.75. The van der Waals surface area contributed by atoms with Crippen LogP contribution in [0, 0.1) is 0 Å². The van der Waals surface area contributed by atoms with Gasteiger partial charge in [0.2, 0.25) is 5.91 Å². The number of carbonyl (C=O) groups excluding carboxylic acids is 1. The number of aromatic nitrogens is 2. The lowest BCUT2D eigenvalue weighted by molar-refractivity contribution is -0.116. The topological polar surface area (TPSA) is 88.2 Å². The van der Waals surface area contributed by atoms with Crippen LogP contribution in [0.1, 0.15) is 90.4 Å². The Balaban J connectivity index is 1.38. The molecular formula is C38H46Cl4N4O3S. The molecule has 0 spiro atoms. The summed E-state index contributed by atoms with van der Waals surface area (Å²) in [5, 5.41) is 10.6. The predicted molar refractivity (Wildman–Crippen MR) is 213 cm³/mol. The van der Waals surface area contributed by atoms with Crippen LogP contribution >= 0.6 is 58.2 Å². The number of hydrogen-bond acceptors (Lipinski definition) is 5. The zero-order chi connectivity index (χ0) is 35.7. The van der Waals surface area contributed by atoms with Crippen molar-refractivity contribution in [3.05, 3.63) is 91.1 Å². The molecule has 3 N–H and O–H groups in total. The molecule has 0 atom stereocenters. The maximum Gasteiger partial charge on any atom is 0.287 e. The molecule has 0 saturated carbocycles. The van der Waals surface area contributed by atoms with Gasteiger partial charge in [0.05, 0.1) is 27.4 Å². The predicted octanol–water partition coefficient (Wildman–Crippen LogP) is 12.7. The molecule has 1 heterocycles. The zero-order valence-corrected chi connectivity index (χ0v) is 32.3. The van der Waals surface area contributed by atoms with Crippen molar-refractivity contribution in [3.8, 4) is 11.4 Å². The number of amides is 1. The number of halogens is 4. The first-order chi connectivity index (χ1) is 24.3. The normalized spacial score (nSPS) is 11.1. The maximum atomic E-state index is 13.8. The number of nitrogens with zero attached hydrogens (tertiary/aromatic N) is 1. The molecule has 7 nitrogen and oxygen atoms in total. The Morgan fingerprint density at radius 3 is 2.10 bits per heavy atom. The van der Waals surface area contributed by atoms with E-state index in [1.165, 1.54) is 79.9 Å². The van der Waals surface area contributed by atoms with Crippen molar-refractivity contribution < 1.29 is 9.53 Å². The number of para-hydroxylation sites is 1. The number of rotatable bonds is 22. The molecule has 3 aromatic carbocycles. The second-order valence-corrected chi connectivity index (χ2v) is 15.0. The third kappa shape index (κ3) is 12.8. The van der Waals surface area contributed by atoms with Crippen LogP contribution in [0.15, 0.2) is 70.4 Å². The molecule has 0 unspecified atom stereocenters. The molecule has 4 rings (SSSR count). The van der Waals surface area contributed by atoms with Crippen LogP contribution in [0.5, 0.6) is 5.75 Å². The molecule has 4 aromatic rings. The van der Waals surface area contributed by atoms with Gasteiger partial charge in [-0.25, -0.2) is 4.68 Å². The third-order valence-electron chi connectivity index (χ3n) is 8.12. The number of unbranched alkanes of at least 4 members (excludes halogenated alkanes) is 10. The second kappa shape index (κ2) is 21.6. The first-order valence-electron chi connectivity index (χ1n) is 17.4. The van der Waals surface area contributed by atoms with Crippen molar-refractivity contribution in [2.24, 2.45) is 0 Å². The van der Waals surface area contributed by atoms with E-state index in [4.69, 9.17) is 51.1 Å². The number of nitrogens with one attached hydrogen (secondary N) is 3. The number of H-pyrrole nitrogens is 1. The Kier molecular flexibility index (Phi) is 17.3. The van der Waals surface area contributed by atoms with Crippen molar-refractivity contribution in [1.29, 1.82) is 0 Å². The van der Waals surface area contributed by atoms with E-state index in [1.807, 2.05) is 30.3 Å². The SMILES string of the molecule is CCCCCCCCCCCCCC(=O)Nc1ccc(Cl)c(Nc2[nH]n(-c3c(Cl)cc(Cl)cc3Cl)c(=O)c2SCCCOc2ccccc2)c1. The average molecular weight is 781 g/mol. The highest BCUT2D eigenvalue weighted by Crippen LogP contribution is 2.35. The van der Waals surface area contributed by atoms with E-state index in [-0.39, 0.29) is 27.2 Å². The monoisotopic (exact) mass is 778 g/mol. The summed E-state index contributed by atoms with van der Waals surface area (Å²) in [5.74, 6) is 1.74. The van der Waals surface area contributed by atoms with Gasteiger partial charge in [-0.05, 0) is 55.3 Å². The highest BCUT2D eigenvalue weighted by Gasteiger charge is 2.21. The summed E-state index contributed by atoms with van der Waals surface area (Å²) >= 11 is 27.1. The summed E-state index contributed by atoms with van der Waals surface area (Å²) in [6.45, 7) is 2.73. The fourth-order valence-corrected chi connectivity index (χ4v) is 7.57. The first kappa shape index (κ1) is 40.0. The Labute approximate surface area is 319 Å². The largest absolute Gasteiger partial charge is 0.494 e. The number of carbonyl (C=O) groups is 1. The molecule has 0 fully saturated rings. The van der Waals surface area contributed by atoms with E-state index in [0.717, 1.165) is 25.0 Å².